The summed E-state index contributed by atoms with van der Waals surface area (Å²) in [6, 6.07) is 6.40. The summed E-state index contributed by atoms with van der Waals surface area (Å²) in [5.74, 6) is 0.809. The number of benzene rings is 1. The van der Waals surface area contributed by atoms with Crippen LogP contribution < -0.4 is 5.32 Å². The maximum Gasteiger partial charge on any atom is 0.446 e. The van der Waals surface area contributed by atoms with Gasteiger partial charge >= 0.3 is 5.51 Å². The van der Waals surface area contributed by atoms with Gasteiger partial charge in [0.05, 0.1) is 6.54 Å². The molecule has 0 atom stereocenters. The molecular weight excluding hydrogens is 299 g/mol. The van der Waals surface area contributed by atoms with Crippen LogP contribution in [0.2, 0.25) is 0 Å². The first-order chi connectivity index (χ1) is 9.99. The van der Waals surface area contributed by atoms with Gasteiger partial charge in [0.15, 0.2) is 0 Å². The minimum Gasteiger partial charge on any atom is -0.377 e. The first kappa shape index (κ1) is 15.8. The van der Waals surface area contributed by atoms with E-state index in [1.54, 1.807) is 24.4 Å². The van der Waals surface area contributed by atoms with Gasteiger partial charge in [-0.25, -0.2) is 4.98 Å². The molecule has 0 aliphatic carbocycles. The zero-order chi connectivity index (χ0) is 15.3. The van der Waals surface area contributed by atoms with Gasteiger partial charge in [0.25, 0.3) is 0 Å². The zero-order valence-corrected chi connectivity index (χ0v) is 12.3. The molecule has 0 spiro atoms. The molecule has 0 bridgehead atoms. The molecule has 0 fully saturated rings. The Morgan fingerprint density at radius 3 is 2.76 bits per heavy atom. The summed E-state index contributed by atoms with van der Waals surface area (Å²) >= 11 is -0.111. The number of aromatic nitrogens is 2. The molecule has 0 saturated carbocycles. The van der Waals surface area contributed by atoms with Gasteiger partial charge < -0.3 is 9.88 Å². The number of rotatable bonds is 6. The molecule has 3 nitrogen and oxygen atoms in total. The molecule has 0 radical (unpaired) electrons. The number of nitrogens with one attached hydrogen (secondary N) is 1. The highest BCUT2D eigenvalue weighted by Crippen LogP contribution is 2.40. The number of imidazole rings is 1. The number of thioether (sulfide) groups is 1. The summed E-state index contributed by atoms with van der Waals surface area (Å²) in [5, 5.41) is 3.03. The highest BCUT2D eigenvalue weighted by atomic mass is 32.2. The average molecular weight is 315 g/mol. The van der Waals surface area contributed by atoms with Crippen LogP contribution in [0.5, 0.6) is 0 Å². The lowest BCUT2D eigenvalue weighted by molar-refractivity contribution is -0.0327. The SMILES string of the molecule is CCCn1ccnc1CNc1ccccc1SC(F)(F)F. The minimum absolute atomic E-state index is 0.111. The highest BCUT2D eigenvalue weighted by molar-refractivity contribution is 8.00. The zero-order valence-electron chi connectivity index (χ0n) is 11.5. The van der Waals surface area contributed by atoms with Crippen LogP contribution in [0.1, 0.15) is 19.2 Å². The van der Waals surface area contributed by atoms with Crippen molar-refractivity contribution < 1.29 is 13.2 Å². The number of para-hydroxylation sites is 1. The van der Waals surface area contributed by atoms with Gasteiger partial charge in [-0.2, -0.15) is 13.2 Å². The molecule has 0 saturated heterocycles. The first-order valence-corrected chi connectivity index (χ1v) is 7.40. The van der Waals surface area contributed by atoms with Crippen LogP contribution >= 0.6 is 11.8 Å². The number of halogens is 3. The van der Waals surface area contributed by atoms with E-state index in [0.29, 0.717) is 12.2 Å². The third kappa shape index (κ3) is 4.70. The highest BCUT2D eigenvalue weighted by Gasteiger charge is 2.30. The van der Waals surface area contributed by atoms with Crippen LogP contribution in [0.3, 0.4) is 0 Å². The Morgan fingerprint density at radius 1 is 1.29 bits per heavy atom. The predicted octanol–water partition coefficient (Wildman–Crippen LogP) is 4.52. The molecule has 0 aliphatic heterocycles. The monoisotopic (exact) mass is 315 g/mol. The fraction of sp³-hybridized carbons (Fsp3) is 0.357. The smallest absolute Gasteiger partial charge is 0.377 e. The predicted molar refractivity (Wildman–Crippen MR) is 78.2 cm³/mol. The summed E-state index contributed by atoms with van der Waals surface area (Å²) < 4.78 is 39.5. The first-order valence-electron chi connectivity index (χ1n) is 6.58. The largest absolute Gasteiger partial charge is 0.446 e. The molecule has 2 rings (SSSR count). The summed E-state index contributed by atoms with van der Waals surface area (Å²) in [5.41, 5.74) is -3.83. The lowest BCUT2D eigenvalue weighted by Crippen LogP contribution is -2.09. The summed E-state index contributed by atoms with van der Waals surface area (Å²) in [7, 11) is 0. The lowest BCUT2D eigenvalue weighted by Gasteiger charge is -2.13. The number of anilines is 1. The third-order valence-corrected chi connectivity index (χ3v) is 3.62. The standard InChI is InChI=1S/C14H16F3N3S/c1-2-8-20-9-7-18-13(20)10-19-11-5-3-4-6-12(11)21-14(15,16)17/h3-7,9,19H,2,8,10H2,1H3. The van der Waals surface area contributed by atoms with E-state index in [1.807, 2.05) is 10.8 Å². The van der Waals surface area contributed by atoms with Gasteiger partial charge in [0.1, 0.15) is 5.82 Å². The van der Waals surface area contributed by atoms with Gasteiger partial charge in [-0.3, -0.25) is 0 Å². The van der Waals surface area contributed by atoms with Crippen molar-refractivity contribution in [3.8, 4) is 0 Å². The quantitative estimate of drug-likeness (QED) is 0.795. The van der Waals surface area contributed by atoms with E-state index in [1.165, 1.54) is 6.07 Å². The van der Waals surface area contributed by atoms with Gasteiger partial charge in [0.2, 0.25) is 0 Å². The van der Waals surface area contributed by atoms with E-state index in [9.17, 15) is 13.2 Å². The number of hydrogen-bond donors (Lipinski definition) is 1. The van der Waals surface area contributed by atoms with Gasteiger partial charge in [-0.05, 0) is 30.3 Å². The average Bonchev–Trinajstić information content (AvgIpc) is 2.84. The summed E-state index contributed by atoms with van der Waals surface area (Å²) in [6.07, 6.45) is 4.55. The maximum atomic E-state index is 12.5. The van der Waals surface area contributed by atoms with E-state index in [-0.39, 0.29) is 16.7 Å². The maximum absolute atomic E-state index is 12.5. The molecule has 1 aromatic carbocycles. The topological polar surface area (TPSA) is 29.9 Å². The van der Waals surface area contributed by atoms with Gasteiger partial charge in [-0.15, -0.1) is 0 Å². The van der Waals surface area contributed by atoms with Crippen LogP contribution in [0.25, 0.3) is 0 Å². The lowest BCUT2D eigenvalue weighted by atomic mass is 10.3. The van der Waals surface area contributed by atoms with Crippen molar-refractivity contribution in [2.45, 2.75) is 36.8 Å². The van der Waals surface area contributed by atoms with Crippen molar-refractivity contribution >= 4 is 17.4 Å². The van der Waals surface area contributed by atoms with E-state index in [0.717, 1.165) is 18.8 Å². The van der Waals surface area contributed by atoms with Crippen LogP contribution in [0.4, 0.5) is 18.9 Å². The van der Waals surface area contributed by atoms with Crippen LogP contribution in [-0.4, -0.2) is 15.1 Å². The molecule has 114 valence electrons. The molecule has 21 heavy (non-hydrogen) atoms. The van der Waals surface area contributed by atoms with Crippen LogP contribution in [-0.2, 0) is 13.1 Å². The molecular formula is C14H16F3N3S. The Hall–Kier alpha value is -1.63. The van der Waals surface area contributed by atoms with Gasteiger partial charge in [0, 0.05) is 29.5 Å². The van der Waals surface area contributed by atoms with Crippen molar-refractivity contribution in [1.29, 1.82) is 0 Å². The van der Waals surface area contributed by atoms with Crippen LogP contribution in [0, 0.1) is 0 Å². The van der Waals surface area contributed by atoms with Crippen molar-refractivity contribution in [3.05, 3.63) is 42.5 Å². The Kier molecular flexibility index (Phi) is 5.17. The van der Waals surface area contributed by atoms with E-state index in [2.05, 4.69) is 17.2 Å². The molecule has 1 aromatic heterocycles. The number of hydrogen-bond acceptors (Lipinski definition) is 3. The van der Waals surface area contributed by atoms with Gasteiger partial charge in [-0.1, -0.05) is 19.1 Å². The second kappa shape index (κ2) is 6.89. The van der Waals surface area contributed by atoms with Crippen molar-refractivity contribution in [3.63, 3.8) is 0 Å². The molecule has 7 heteroatoms. The molecule has 0 aliphatic rings. The number of alkyl halides is 3. The second-order valence-electron chi connectivity index (χ2n) is 4.43. The van der Waals surface area contributed by atoms with Crippen LogP contribution in [0.15, 0.2) is 41.6 Å². The minimum atomic E-state index is -4.29. The van der Waals surface area contributed by atoms with E-state index in [4.69, 9.17) is 0 Å². The van der Waals surface area contributed by atoms with E-state index >= 15 is 0 Å². The Morgan fingerprint density at radius 2 is 2.05 bits per heavy atom. The Labute approximate surface area is 125 Å². The molecule has 2 aromatic rings. The summed E-state index contributed by atoms with van der Waals surface area (Å²) in [6.45, 7) is 3.30. The molecule has 1 heterocycles. The third-order valence-electron chi connectivity index (χ3n) is 2.82. The number of nitrogens with zero attached hydrogens (tertiary/aromatic N) is 2. The van der Waals surface area contributed by atoms with Crippen molar-refractivity contribution in [2.24, 2.45) is 0 Å². The fourth-order valence-corrected chi connectivity index (χ4v) is 2.60. The molecule has 1 N–H and O–H groups in total. The van der Waals surface area contributed by atoms with E-state index < -0.39 is 5.51 Å². The van der Waals surface area contributed by atoms with Crippen molar-refractivity contribution in [1.82, 2.24) is 9.55 Å². The normalized spacial score (nSPS) is 11.6. The molecule has 0 unspecified atom stereocenters. The van der Waals surface area contributed by atoms with Crippen molar-refractivity contribution in [2.75, 3.05) is 5.32 Å². The second-order valence-corrected chi connectivity index (χ2v) is 5.54. The number of aryl methyl sites for hydroxylation is 1. The fourth-order valence-electron chi connectivity index (χ4n) is 1.95. The summed E-state index contributed by atoms with van der Waals surface area (Å²) in [4.78, 5) is 4.39. The Balaban J connectivity index is 2.08. The molecule has 0 amide bonds. The Bertz CT molecular complexity index is 581.